The molecule has 0 spiro atoms. The van der Waals surface area contributed by atoms with E-state index in [1.807, 2.05) is 6.92 Å². The number of benzene rings is 1. The maximum absolute atomic E-state index is 11.0. The predicted octanol–water partition coefficient (Wildman–Crippen LogP) is 3.96. The molecule has 22 heavy (non-hydrogen) atoms. The average Bonchev–Trinajstić information content (AvgIpc) is 2.63. The summed E-state index contributed by atoms with van der Waals surface area (Å²) >= 11 is 0. The molecule has 0 atom stereocenters. The summed E-state index contributed by atoms with van der Waals surface area (Å²) in [6, 6.07) is 6.53. The second-order valence-electron chi connectivity index (χ2n) is 6.20. The van der Waals surface area contributed by atoms with Gasteiger partial charge in [0, 0.05) is 6.42 Å². The van der Waals surface area contributed by atoms with E-state index in [1.54, 1.807) is 30.3 Å². The largest absolute Gasteiger partial charge is 0.386 e. The van der Waals surface area contributed by atoms with Gasteiger partial charge in [-0.1, -0.05) is 39.0 Å². The number of hydrogen-bond donors (Lipinski definition) is 0. The Morgan fingerprint density at radius 1 is 0.955 bits per heavy atom. The van der Waals surface area contributed by atoms with Crippen molar-refractivity contribution in [2.45, 2.75) is 41.0 Å². The Balaban J connectivity index is 0.000000212. The fourth-order valence-electron chi connectivity index (χ4n) is 2.70. The van der Waals surface area contributed by atoms with E-state index in [0.717, 1.165) is 6.42 Å². The Bertz CT molecular complexity index is 605. The molecule has 118 valence electrons. The number of fused-ring (bicyclic) bond motifs is 1. The van der Waals surface area contributed by atoms with Crippen LogP contribution >= 0.6 is 0 Å². The van der Waals surface area contributed by atoms with Gasteiger partial charge in [-0.05, 0) is 37.0 Å². The zero-order valence-corrected chi connectivity index (χ0v) is 12.4. The van der Waals surface area contributed by atoms with Gasteiger partial charge in [0.05, 0.1) is 11.1 Å². The summed E-state index contributed by atoms with van der Waals surface area (Å²) in [6.45, 7) is 6.31. The Morgan fingerprint density at radius 2 is 1.45 bits per heavy atom. The number of rotatable bonds is 0. The van der Waals surface area contributed by atoms with Crippen LogP contribution in [0.15, 0.2) is 35.9 Å². The summed E-state index contributed by atoms with van der Waals surface area (Å²) < 4.78 is 4.35. The smallest absolute Gasteiger partial charge is 0.346 e. The molecule has 0 aromatic heterocycles. The molecule has 0 bridgehead atoms. The molecule has 0 saturated heterocycles. The average molecular weight is 302 g/mol. The molecule has 2 aliphatic rings. The van der Waals surface area contributed by atoms with Gasteiger partial charge in [0.15, 0.2) is 5.78 Å². The highest BCUT2D eigenvalue weighted by atomic mass is 16.6. The van der Waals surface area contributed by atoms with Crippen LogP contribution in [-0.2, 0) is 9.53 Å². The van der Waals surface area contributed by atoms with E-state index in [9.17, 15) is 14.4 Å². The molecule has 4 nitrogen and oxygen atoms in total. The molecule has 0 unspecified atom stereocenters. The Hall–Kier alpha value is -2.23. The minimum Gasteiger partial charge on any atom is -0.386 e. The Labute approximate surface area is 131 Å². The predicted molar refractivity (Wildman–Crippen MR) is 84.7 cm³/mol. The van der Waals surface area contributed by atoms with Crippen LogP contribution in [-0.4, -0.2) is 17.7 Å². The van der Waals surface area contributed by atoms with Crippen molar-refractivity contribution in [3.63, 3.8) is 0 Å². The van der Waals surface area contributed by atoms with Crippen molar-refractivity contribution >= 4 is 17.7 Å². The van der Waals surface area contributed by atoms with Crippen LogP contribution in [0.1, 0.15) is 61.8 Å². The summed E-state index contributed by atoms with van der Waals surface area (Å²) in [7, 11) is 0. The third-order valence-electron chi connectivity index (χ3n) is 3.37. The number of allylic oxidation sites excluding steroid dienone is 2. The molecule has 0 fully saturated rings. The van der Waals surface area contributed by atoms with Gasteiger partial charge in [-0.2, -0.15) is 0 Å². The number of ketones is 1. The minimum absolute atomic E-state index is 0. The molecular weight excluding hydrogens is 280 g/mol. The van der Waals surface area contributed by atoms with E-state index in [0.29, 0.717) is 17.5 Å². The molecule has 0 N–H and O–H groups in total. The first kappa shape index (κ1) is 17.8. The lowest BCUT2D eigenvalue weighted by molar-refractivity contribution is -0.117. The van der Waals surface area contributed by atoms with Crippen molar-refractivity contribution in [1.82, 2.24) is 0 Å². The highest BCUT2D eigenvalue weighted by Gasteiger charge is 2.28. The molecular formula is C18H22O4. The fourth-order valence-corrected chi connectivity index (χ4v) is 2.70. The number of carbonyl (C=O) groups is 3. The summed E-state index contributed by atoms with van der Waals surface area (Å²) in [5.74, 6) is -0.815. The molecule has 1 aliphatic heterocycles. The number of cyclic esters (lactones) is 2. The monoisotopic (exact) mass is 302 g/mol. The van der Waals surface area contributed by atoms with E-state index in [-0.39, 0.29) is 18.6 Å². The molecule has 1 aliphatic carbocycles. The van der Waals surface area contributed by atoms with Crippen molar-refractivity contribution in [2.75, 3.05) is 0 Å². The lowest BCUT2D eigenvalue weighted by Gasteiger charge is -2.27. The van der Waals surface area contributed by atoms with Gasteiger partial charge in [-0.3, -0.25) is 4.79 Å². The Morgan fingerprint density at radius 3 is 1.86 bits per heavy atom. The van der Waals surface area contributed by atoms with Crippen molar-refractivity contribution in [3.8, 4) is 0 Å². The fraction of sp³-hybridized carbons (Fsp3) is 0.389. The second-order valence-corrected chi connectivity index (χ2v) is 6.20. The molecule has 0 amide bonds. The van der Waals surface area contributed by atoms with Crippen molar-refractivity contribution in [2.24, 2.45) is 5.41 Å². The van der Waals surface area contributed by atoms with Crippen LogP contribution in [0.25, 0.3) is 0 Å². The third-order valence-corrected chi connectivity index (χ3v) is 3.37. The first-order chi connectivity index (χ1) is 9.78. The van der Waals surface area contributed by atoms with E-state index in [2.05, 4.69) is 18.6 Å². The van der Waals surface area contributed by atoms with E-state index in [1.165, 1.54) is 5.57 Å². The SMILES string of the molecule is C.CC1=CC(=O)CC(C)(C)C1.O=C1OC(=O)c2ccccc21. The molecule has 3 rings (SSSR count). The van der Waals surface area contributed by atoms with Gasteiger partial charge < -0.3 is 4.74 Å². The van der Waals surface area contributed by atoms with Gasteiger partial charge >= 0.3 is 11.9 Å². The standard InChI is InChI=1S/C9H14O.C8H4O3.CH4/c1-7-4-8(10)6-9(2,3)5-7;9-7-5-3-1-2-4-6(5)8(10)11-7;/h4H,5-6H2,1-3H3;1-4H;1H4. The van der Waals surface area contributed by atoms with Crippen LogP contribution in [0.3, 0.4) is 0 Å². The number of esters is 2. The highest BCUT2D eigenvalue weighted by Crippen LogP contribution is 2.32. The van der Waals surface area contributed by atoms with Crippen LogP contribution in [0.4, 0.5) is 0 Å². The van der Waals surface area contributed by atoms with E-state index >= 15 is 0 Å². The van der Waals surface area contributed by atoms with Crippen LogP contribution in [0, 0.1) is 5.41 Å². The van der Waals surface area contributed by atoms with Gasteiger partial charge in [0.2, 0.25) is 0 Å². The zero-order valence-electron chi connectivity index (χ0n) is 12.4. The molecule has 1 aromatic rings. The normalized spacial score (nSPS) is 18.3. The Kier molecular flexibility index (Phi) is 5.42. The summed E-state index contributed by atoms with van der Waals surface area (Å²) in [4.78, 5) is 32.7. The first-order valence-corrected chi connectivity index (χ1v) is 6.84. The van der Waals surface area contributed by atoms with Gasteiger partial charge in [0.25, 0.3) is 0 Å². The third kappa shape index (κ3) is 4.13. The molecule has 0 saturated carbocycles. The number of ether oxygens (including phenoxy) is 1. The van der Waals surface area contributed by atoms with Crippen LogP contribution < -0.4 is 0 Å². The van der Waals surface area contributed by atoms with Gasteiger partial charge in [-0.15, -0.1) is 0 Å². The molecule has 1 heterocycles. The van der Waals surface area contributed by atoms with Crippen molar-refractivity contribution in [3.05, 3.63) is 47.0 Å². The molecule has 4 heteroatoms. The van der Waals surface area contributed by atoms with Crippen LogP contribution in [0.5, 0.6) is 0 Å². The first-order valence-electron chi connectivity index (χ1n) is 6.84. The summed E-state index contributed by atoms with van der Waals surface area (Å²) in [6.07, 6.45) is 3.55. The zero-order chi connectivity index (χ0) is 15.6. The maximum Gasteiger partial charge on any atom is 0.346 e. The van der Waals surface area contributed by atoms with Crippen LogP contribution in [0.2, 0.25) is 0 Å². The second kappa shape index (κ2) is 6.69. The van der Waals surface area contributed by atoms with E-state index < -0.39 is 11.9 Å². The molecule has 1 aromatic carbocycles. The summed E-state index contributed by atoms with van der Waals surface area (Å²) in [5.41, 5.74) is 2.15. The lowest BCUT2D eigenvalue weighted by Crippen LogP contribution is -2.20. The number of carbonyl (C=O) groups excluding carboxylic acids is 3. The van der Waals surface area contributed by atoms with E-state index in [4.69, 9.17) is 0 Å². The van der Waals surface area contributed by atoms with Crippen molar-refractivity contribution in [1.29, 1.82) is 0 Å². The number of hydrogen-bond acceptors (Lipinski definition) is 4. The van der Waals surface area contributed by atoms with Gasteiger partial charge in [-0.25, -0.2) is 9.59 Å². The quantitative estimate of drug-likeness (QED) is 0.537. The maximum atomic E-state index is 11.0. The van der Waals surface area contributed by atoms with Gasteiger partial charge in [0.1, 0.15) is 0 Å². The summed E-state index contributed by atoms with van der Waals surface area (Å²) in [5, 5.41) is 0. The highest BCUT2D eigenvalue weighted by molar-refractivity contribution is 6.14. The van der Waals surface area contributed by atoms with Crippen molar-refractivity contribution < 1.29 is 19.1 Å². The lowest BCUT2D eigenvalue weighted by atomic mass is 9.77. The minimum atomic E-state index is -0.550. The topological polar surface area (TPSA) is 60.4 Å². The molecule has 0 radical (unpaired) electrons.